The Labute approximate surface area is 172 Å². The number of guanidine groups is 1. The van der Waals surface area contributed by atoms with Crippen molar-refractivity contribution in [1.29, 1.82) is 0 Å². The van der Waals surface area contributed by atoms with Gasteiger partial charge in [-0.05, 0) is 25.0 Å². The summed E-state index contributed by atoms with van der Waals surface area (Å²) in [6, 6.07) is 12.4. The zero-order chi connectivity index (χ0) is 20.5. The number of amides is 1. The van der Waals surface area contributed by atoms with Gasteiger partial charge in [0, 0.05) is 58.4 Å². The Morgan fingerprint density at radius 1 is 1.07 bits per heavy atom. The predicted octanol–water partition coefficient (Wildman–Crippen LogP) is 2.10. The van der Waals surface area contributed by atoms with Crippen molar-refractivity contribution in [2.45, 2.75) is 19.9 Å². The summed E-state index contributed by atoms with van der Waals surface area (Å²) < 4.78 is 5.21. The summed E-state index contributed by atoms with van der Waals surface area (Å²) in [6.07, 6.45) is 2.36. The van der Waals surface area contributed by atoms with Gasteiger partial charge in [-0.2, -0.15) is 0 Å². The Morgan fingerprint density at radius 3 is 2.45 bits per heavy atom. The number of carbonyl (C=O) groups excluding carboxylic acids is 1. The van der Waals surface area contributed by atoms with E-state index in [2.05, 4.69) is 55.8 Å². The number of nitrogens with one attached hydrogen (secondary N) is 2. The van der Waals surface area contributed by atoms with Crippen LogP contribution in [0.1, 0.15) is 28.1 Å². The molecule has 3 rings (SSSR count). The summed E-state index contributed by atoms with van der Waals surface area (Å²) in [7, 11) is 1.82. The van der Waals surface area contributed by atoms with Gasteiger partial charge in [-0.1, -0.05) is 30.3 Å². The standard InChI is InChI=1S/C22H31N5O2/c1-18-9-16-29-20(18)21(28)24-10-6-11-25-22(23-2)27-14-12-26(13-15-27)17-19-7-4-3-5-8-19/h3-5,7-9,16H,6,10-15,17H2,1-2H3,(H,23,25)(H,24,28). The second-order valence-corrected chi connectivity index (χ2v) is 7.26. The molecule has 2 heterocycles. The maximum atomic E-state index is 12.0. The molecule has 0 spiro atoms. The van der Waals surface area contributed by atoms with Crippen LogP contribution in [0.2, 0.25) is 0 Å². The van der Waals surface area contributed by atoms with Crippen molar-refractivity contribution in [2.24, 2.45) is 4.99 Å². The molecule has 29 heavy (non-hydrogen) atoms. The van der Waals surface area contributed by atoms with Gasteiger partial charge in [0.2, 0.25) is 0 Å². The summed E-state index contributed by atoms with van der Waals surface area (Å²) in [4.78, 5) is 21.2. The molecule has 0 bridgehead atoms. The minimum absolute atomic E-state index is 0.161. The van der Waals surface area contributed by atoms with Gasteiger partial charge in [-0.25, -0.2) is 0 Å². The maximum absolute atomic E-state index is 12.0. The van der Waals surface area contributed by atoms with Crippen LogP contribution in [0.5, 0.6) is 0 Å². The first-order valence-corrected chi connectivity index (χ1v) is 10.2. The van der Waals surface area contributed by atoms with Crippen molar-refractivity contribution in [2.75, 3.05) is 46.3 Å². The summed E-state index contributed by atoms with van der Waals surface area (Å²) in [5, 5.41) is 6.30. The third-order valence-electron chi connectivity index (χ3n) is 5.12. The molecule has 156 valence electrons. The third-order valence-corrected chi connectivity index (χ3v) is 5.12. The molecule has 1 aromatic carbocycles. The van der Waals surface area contributed by atoms with Crippen LogP contribution in [-0.2, 0) is 6.54 Å². The molecule has 7 heteroatoms. The maximum Gasteiger partial charge on any atom is 0.287 e. The third kappa shape index (κ3) is 6.09. The van der Waals surface area contributed by atoms with Gasteiger partial charge in [0.25, 0.3) is 5.91 Å². The molecular weight excluding hydrogens is 366 g/mol. The highest BCUT2D eigenvalue weighted by atomic mass is 16.3. The molecule has 0 atom stereocenters. The lowest BCUT2D eigenvalue weighted by molar-refractivity contribution is 0.0925. The molecule has 1 amide bonds. The smallest absolute Gasteiger partial charge is 0.287 e. The average Bonchev–Trinajstić information content (AvgIpc) is 3.18. The van der Waals surface area contributed by atoms with Crippen LogP contribution < -0.4 is 10.6 Å². The fourth-order valence-corrected chi connectivity index (χ4v) is 3.47. The first-order chi connectivity index (χ1) is 14.2. The molecule has 0 radical (unpaired) electrons. The van der Waals surface area contributed by atoms with Gasteiger partial charge in [0.05, 0.1) is 6.26 Å². The first kappa shape index (κ1) is 20.9. The van der Waals surface area contributed by atoms with Crippen LogP contribution in [0, 0.1) is 6.92 Å². The summed E-state index contributed by atoms with van der Waals surface area (Å²) >= 11 is 0. The lowest BCUT2D eigenvalue weighted by atomic mass is 10.2. The number of piperazine rings is 1. The number of aliphatic imine (C=N–C) groups is 1. The van der Waals surface area contributed by atoms with Crippen molar-refractivity contribution in [3.05, 3.63) is 59.5 Å². The summed E-state index contributed by atoms with van der Waals surface area (Å²) in [6.45, 7) is 8.17. The van der Waals surface area contributed by atoms with E-state index in [0.29, 0.717) is 12.3 Å². The topological polar surface area (TPSA) is 73.1 Å². The molecule has 1 aliphatic rings. The Hall–Kier alpha value is -2.80. The molecule has 1 aliphatic heterocycles. The Kier molecular flexibility index (Phi) is 7.69. The van der Waals surface area contributed by atoms with Gasteiger partial charge in [-0.3, -0.25) is 14.7 Å². The highest BCUT2D eigenvalue weighted by Gasteiger charge is 2.19. The van der Waals surface area contributed by atoms with Gasteiger partial charge in [-0.15, -0.1) is 0 Å². The van der Waals surface area contributed by atoms with E-state index in [0.717, 1.165) is 57.2 Å². The van der Waals surface area contributed by atoms with E-state index in [1.165, 1.54) is 11.8 Å². The number of nitrogens with zero attached hydrogens (tertiary/aromatic N) is 3. The largest absolute Gasteiger partial charge is 0.459 e. The highest BCUT2D eigenvalue weighted by molar-refractivity contribution is 5.92. The number of aryl methyl sites for hydroxylation is 1. The van der Waals surface area contributed by atoms with E-state index in [1.807, 2.05) is 14.0 Å². The van der Waals surface area contributed by atoms with Crippen molar-refractivity contribution in [3.63, 3.8) is 0 Å². The lowest BCUT2D eigenvalue weighted by Gasteiger charge is -2.36. The molecule has 1 aromatic heterocycles. The van der Waals surface area contributed by atoms with E-state index in [1.54, 1.807) is 6.07 Å². The average molecular weight is 398 g/mol. The SMILES string of the molecule is CN=C(NCCCNC(=O)c1occc1C)N1CCN(Cc2ccccc2)CC1. The Morgan fingerprint density at radius 2 is 1.79 bits per heavy atom. The Bertz CT molecular complexity index is 795. The molecule has 2 N–H and O–H groups in total. The minimum Gasteiger partial charge on any atom is -0.459 e. The van der Waals surface area contributed by atoms with Crippen LogP contribution in [0.4, 0.5) is 0 Å². The van der Waals surface area contributed by atoms with Crippen LogP contribution in [-0.4, -0.2) is 68.0 Å². The number of benzene rings is 1. The Balaban J connectivity index is 1.33. The summed E-state index contributed by atoms with van der Waals surface area (Å²) in [5.41, 5.74) is 2.21. The number of rotatable bonds is 7. The van der Waals surface area contributed by atoms with E-state index in [4.69, 9.17) is 4.42 Å². The van der Waals surface area contributed by atoms with Crippen LogP contribution in [0.25, 0.3) is 0 Å². The highest BCUT2D eigenvalue weighted by Crippen LogP contribution is 2.09. The molecular formula is C22H31N5O2. The van der Waals surface area contributed by atoms with Crippen LogP contribution in [0.15, 0.2) is 52.1 Å². The van der Waals surface area contributed by atoms with E-state index in [-0.39, 0.29) is 5.91 Å². The fourth-order valence-electron chi connectivity index (χ4n) is 3.47. The molecule has 0 unspecified atom stereocenters. The normalized spacial score (nSPS) is 15.4. The first-order valence-electron chi connectivity index (χ1n) is 10.2. The van der Waals surface area contributed by atoms with Crippen LogP contribution >= 0.6 is 0 Å². The number of furan rings is 1. The molecule has 1 saturated heterocycles. The van der Waals surface area contributed by atoms with Crippen LogP contribution in [0.3, 0.4) is 0 Å². The fraction of sp³-hybridized carbons (Fsp3) is 0.455. The monoisotopic (exact) mass is 397 g/mol. The number of hydrogen-bond donors (Lipinski definition) is 2. The van der Waals surface area contributed by atoms with E-state index >= 15 is 0 Å². The zero-order valence-electron chi connectivity index (χ0n) is 17.4. The summed E-state index contributed by atoms with van der Waals surface area (Å²) in [5.74, 6) is 1.16. The molecule has 0 aliphatic carbocycles. The molecule has 1 fully saturated rings. The van der Waals surface area contributed by atoms with Crippen molar-refractivity contribution in [1.82, 2.24) is 20.4 Å². The van der Waals surface area contributed by atoms with Crippen molar-refractivity contribution in [3.8, 4) is 0 Å². The second kappa shape index (κ2) is 10.7. The van der Waals surface area contributed by atoms with Gasteiger partial charge in [0.15, 0.2) is 11.7 Å². The van der Waals surface area contributed by atoms with Crippen molar-refractivity contribution >= 4 is 11.9 Å². The molecule has 2 aromatic rings. The predicted molar refractivity (Wildman–Crippen MR) is 115 cm³/mol. The molecule has 7 nitrogen and oxygen atoms in total. The van der Waals surface area contributed by atoms with Crippen molar-refractivity contribution < 1.29 is 9.21 Å². The number of hydrogen-bond acceptors (Lipinski definition) is 4. The van der Waals surface area contributed by atoms with Gasteiger partial charge in [0.1, 0.15) is 0 Å². The quantitative estimate of drug-likeness (QED) is 0.425. The zero-order valence-corrected chi connectivity index (χ0v) is 17.4. The van der Waals surface area contributed by atoms with Gasteiger partial charge < -0.3 is 20.0 Å². The van der Waals surface area contributed by atoms with E-state index < -0.39 is 0 Å². The van der Waals surface area contributed by atoms with E-state index in [9.17, 15) is 4.79 Å². The number of carbonyl (C=O) groups is 1. The lowest BCUT2D eigenvalue weighted by Crippen LogP contribution is -2.52. The second-order valence-electron chi connectivity index (χ2n) is 7.26. The van der Waals surface area contributed by atoms with Gasteiger partial charge >= 0.3 is 0 Å². The minimum atomic E-state index is -0.161. The molecule has 0 saturated carbocycles.